The molecule has 32 heavy (non-hydrogen) atoms. The van der Waals surface area contributed by atoms with Gasteiger partial charge in [-0.05, 0) is 103 Å². The van der Waals surface area contributed by atoms with E-state index in [1.165, 1.54) is 75.5 Å². The van der Waals surface area contributed by atoms with Gasteiger partial charge in [0.25, 0.3) is 0 Å². The molecule has 2 aromatic rings. The van der Waals surface area contributed by atoms with Crippen LogP contribution in [0.15, 0.2) is 42.5 Å². The molecule has 0 heterocycles. The molecule has 2 aliphatic rings. The third kappa shape index (κ3) is 5.26. The molecule has 2 atom stereocenters. The minimum absolute atomic E-state index is 0.547. The van der Waals surface area contributed by atoms with Crippen molar-refractivity contribution in [2.75, 3.05) is 0 Å². The van der Waals surface area contributed by atoms with Crippen molar-refractivity contribution in [2.24, 2.45) is 29.6 Å². The van der Waals surface area contributed by atoms with Gasteiger partial charge in [-0.25, -0.2) is 8.78 Å². The highest BCUT2D eigenvalue weighted by Crippen LogP contribution is 2.45. The lowest BCUT2D eigenvalue weighted by Gasteiger charge is -2.40. The molecule has 174 valence electrons. The van der Waals surface area contributed by atoms with E-state index in [-0.39, 0.29) is 0 Å². The second-order valence-corrected chi connectivity index (χ2v) is 10.8. The van der Waals surface area contributed by atoms with E-state index in [2.05, 4.69) is 45.0 Å². The Morgan fingerprint density at radius 1 is 0.688 bits per heavy atom. The zero-order valence-electron chi connectivity index (χ0n) is 20.1. The summed E-state index contributed by atoms with van der Waals surface area (Å²) in [6.07, 6.45) is 12.6. The van der Waals surface area contributed by atoms with E-state index in [9.17, 15) is 8.78 Å². The van der Waals surface area contributed by atoms with Gasteiger partial charge in [0.2, 0.25) is 0 Å². The molecular formula is C30H40F2. The van der Waals surface area contributed by atoms with Gasteiger partial charge >= 0.3 is 0 Å². The number of benzene rings is 2. The van der Waals surface area contributed by atoms with Gasteiger partial charge in [-0.15, -0.1) is 0 Å². The smallest absolute Gasteiger partial charge is 0.159 e. The summed E-state index contributed by atoms with van der Waals surface area (Å²) in [5.41, 5.74) is 3.03. The minimum atomic E-state index is -0.794. The van der Waals surface area contributed by atoms with Crippen molar-refractivity contribution in [3.8, 4) is 11.1 Å². The Labute approximate surface area is 193 Å². The zero-order chi connectivity index (χ0) is 22.7. The largest absolute Gasteiger partial charge is 0.204 e. The molecule has 0 spiro atoms. The van der Waals surface area contributed by atoms with Gasteiger partial charge < -0.3 is 0 Å². The van der Waals surface area contributed by atoms with Gasteiger partial charge in [0.15, 0.2) is 11.6 Å². The van der Waals surface area contributed by atoms with Crippen LogP contribution >= 0.6 is 0 Å². The fourth-order valence-electron chi connectivity index (χ4n) is 6.60. The lowest BCUT2D eigenvalue weighted by atomic mass is 9.65. The van der Waals surface area contributed by atoms with Crippen LogP contribution in [0.25, 0.3) is 11.1 Å². The molecule has 0 aliphatic heterocycles. The van der Waals surface area contributed by atoms with E-state index >= 15 is 0 Å². The summed E-state index contributed by atoms with van der Waals surface area (Å²) in [4.78, 5) is 0. The molecule has 0 radical (unpaired) electrons. The molecule has 2 heteroatoms. The van der Waals surface area contributed by atoms with Gasteiger partial charge in [-0.3, -0.25) is 0 Å². The number of hydrogen-bond acceptors (Lipinski definition) is 0. The van der Waals surface area contributed by atoms with E-state index in [4.69, 9.17) is 0 Å². The highest BCUT2D eigenvalue weighted by atomic mass is 19.2. The maximum Gasteiger partial charge on any atom is 0.159 e. The molecular weight excluding hydrogens is 398 g/mol. The Balaban J connectivity index is 1.31. The molecule has 2 fully saturated rings. The van der Waals surface area contributed by atoms with Crippen LogP contribution in [0.2, 0.25) is 0 Å². The first-order valence-electron chi connectivity index (χ1n) is 13.0. The molecule has 0 nitrogen and oxygen atoms in total. The van der Waals surface area contributed by atoms with Crippen molar-refractivity contribution in [1.82, 2.24) is 0 Å². The van der Waals surface area contributed by atoms with Crippen LogP contribution in [0.3, 0.4) is 0 Å². The van der Waals surface area contributed by atoms with Crippen molar-refractivity contribution in [2.45, 2.75) is 84.5 Å². The standard InChI is InChI=1S/C30H40F2/c1-4-22-5-7-23(8-6-22)20(2)24-9-11-25(12-10-24)21(3)26-13-15-27(16-14-26)28-17-18-29(31)30(32)19-28/h13-25H,4-12H2,1-3H3. The fraction of sp³-hybridized carbons (Fsp3) is 0.600. The number of rotatable bonds is 6. The predicted octanol–water partition coefficient (Wildman–Crippen LogP) is 9.39. The van der Waals surface area contributed by atoms with E-state index in [1.807, 2.05) is 0 Å². The average molecular weight is 439 g/mol. The molecule has 0 saturated heterocycles. The fourth-order valence-corrected chi connectivity index (χ4v) is 6.60. The first-order valence-corrected chi connectivity index (χ1v) is 13.0. The van der Waals surface area contributed by atoms with Crippen LogP contribution in [0.4, 0.5) is 8.78 Å². The highest BCUT2D eigenvalue weighted by Gasteiger charge is 2.33. The molecule has 2 unspecified atom stereocenters. The first kappa shape index (κ1) is 23.5. The maximum atomic E-state index is 13.6. The Morgan fingerprint density at radius 2 is 1.22 bits per heavy atom. The van der Waals surface area contributed by atoms with E-state index in [0.717, 1.165) is 40.7 Å². The quantitative estimate of drug-likeness (QED) is 0.421. The van der Waals surface area contributed by atoms with Crippen LogP contribution in [0.1, 0.15) is 90.0 Å². The van der Waals surface area contributed by atoms with Crippen molar-refractivity contribution in [3.63, 3.8) is 0 Å². The Kier molecular flexibility index (Phi) is 7.69. The van der Waals surface area contributed by atoms with E-state index in [1.54, 1.807) is 6.07 Å². The third-order valence-electron chi connectivity index (χ3n) is 9.17. The summed E-state index contributed by atoms with van der Waals surface area (Å²) in [5.74, 6) is 3.47. The van der Waals surface area contributed by atoms with Crippen molar-refractivity contribution in [1.29, 1.82) is 0 Å². The molecule has 0 amide bonds. The molecule has 2 aromatic carbocycles. The monoisotopic (exact) mass is 438 g/mol. The molecule has 4 rings (SSSR count). The predicted molar refractivity (Wildman–Crippen MR) is 131 cm³/mol. The van der Waals surface area contributed by atoms with Gasteiger partial charge in [0, 0.05) is 0 Å². The van der Waals surface area contributed by atoms with Crippen molar-refractivity contribution in [3.05, 3.63) is 59.7 Å². The van der Waals surface area contributed by atoms with Crippen LogP contribution in [-0.4, -0.2) is 0 Å². The Morgan fingerprint density at radius 3 is 1.78 bits per heavy atom. The van der Waals surface area contributed by atoms with E-state index in [0.29, 0.717) is 5.92 Å². The van der Waals surface area contributed by atoms with Crippen molar-refractivity contribution >= 4 is 0 Å². The third-order valence-corrected chi connectivity index (χ3v) is 9.17. The summed E-state index contributed by atoms with van der Waals surface area (Å²) in [6.45, 7) is 7.27. The van der Waals surface area contributed by atoms with Gasteiger partial charge in [0.05, 0.1) is 0 Å². The molecule has 2 saturated carbocycles. The topological polar surface area (TPSA) is 0 Å². The van der Waals surface area contributed by atoms with Gasteiger partial charge in [-0.2, -0.15) is 0 Å². The van der Waals surface area contributed by atoms with Crippen LogP contribution in [0.5, 0.6) is 0 Å². The number of halogens is 2. The Hall–Kier alpha value is -1.70. The van der Waals surface area contributed by atoms with Crippen LogP contribution < -0.4 is 0 Å². The first-order chi connectivity index (χ1) is 15.5. The minimum Gasteiger partial charge on any atom is -0.204 e. The lowest BCUT2D eigenvalue weighted by Crippen LogP contribution is -2.29. The highest BCUT2D eigenvalue weighted by molar-refractivity contribution is 5.63. The molecule has 2 aliphatic carbocycles. The second-order valence-electron chi connectivity index (χ2n) is 10.8. The lowest BCUT2D eigenvalue weighted by molar-refractivity contribution is 0.119. The van der Waals surface area contributed by atoms with Crippen LogP contribution in [-0.2, 0) is 0 Å². The normalized spacial score (nSPS) is 28.3. The summed E-state index contributed by atoms with van der Waals surface area (Å²) >= 11 is 0. The number of hydrogen-bond donors (Lipinski definition) is 0. The molecule has 0 bridgehead atoms. The second kappa shape index (κ2) is 10.5. The maximum absolute atomic E-state index is 13.6. The van der Waals surface area contributed by atoms with E-state index < -0.39 is 11.6 Å². The molecule has 0 aromatic heterocycles. The van der Waals surface area contributed by atoms with Crippen LogP contribution in [0, 0.1) is 41.2 Å². The summed E-state index contributed by atoms with van der Waals surface area (Å²) in [6, 6.07) is 12.6. The zero-order valence-corrected chi connectivity index (χ0v) is 20.1. The van der Waals surface area contributed by atoms with Gasteiger partial charge in [-0.1, -0.05) is 70.4 Å². The summed E-state index contributed by atoms with van der Waals surface area (Å²) in [7, 11) is 0. The summed E-state index contributed by atoms with van der Waals surface area (Å²) in [5, 5.41) is 0. The average Bonchev–Trinajstić information content (AvgIpc) is 2.85. The SMILES string of the molecule is CCC1CCC(C(C)C2CCC(C(C)c3ccc(-c4ccc(F)c(F)c4)cc3)CC2)CC1. The summed E-state index contributed by atoms with van der Waals surface area (Å²) < 4.78 is 26.8. The Bertz CT molecular complexity index is 855. The van der Waals surface area contributed by atoms with Crippen molar-refractivity contribution < 1.29 is 8.78 Å². The molecule has 0 N–H and O–H groups in total. The van der Waals surface area contributed by atoms with Gasteiger partial charge in [0.1, 0.15) is 0 Å².